The first-order valence-electron chi connectivity index (χ1n) is 14.4. The minimum atomic E-state index is -0.677. The fourth-order valence-electron chi connectivity index (χ4n) is 6.18. The predicted molar refractivity (Wildman–Crippen MR) is 161 cm³/mol. The number of hydrogen-bond acceptors (Lipinski definition) is 8. The number of amides is 1. The lowest BCUT2D eigenvalue weighted by Gasteiger charge is -2.41. The smallest absolute Gasteiger partial charge is 0.407 e. The fourth-order valence-corrected chi connectivity index (χ4v) is 6.18. The first-order valence-corrected chi connectivity index (χ1v) is 14.4. The van der Waals surface area contributed by atoms with Gasteiger partial charge in [-0.2, -0.15) is 4.98 Å². The third-order valence-electron chi connectivity index (χ3n) is 8.47. The van der Waals surface area contributed by atoms with E-state index in [1.807, 2.05) is 23.1 Å². The lowest BCUT2D eigenvalue weighted by molar-refractivity contribution is -0.00881. The van der Waals surface area contributed by atoms with Gasteiger partial charge in [-0.1, -0.05) is 54.6 Å². The molecule has 42 heavy (non-hydrogen) atoms. The number of ether oxygens (including phenoxy) is 3. The molecule has 1 unspecified atom stereocenters. The fraction of sp³-hybridized carbons (Fsp3) is 0.364. The quantitative estimate of drug-likeness (QED) is 0.313. The molecule has 0 spiro atoms. The molecule has 1 saturated heterocycles. The van der Waals surface area contributed by atoms with E-state index in [0.29, 0.717) is 60.7 Å². The number of anilines is 1. The molecule has 218 valence electrons. The van der Waals surface area contributed by atoms with Gasteiger partial charge in [-0.25, -0.2) is 9.78 Å². The first-order chi connectivity index (χ1) is 20.4. The first kappa shape index (κ1) is 27.6. The van der Waals surface area contributed by atoms with Crippen LogP contribution in [0.4, 0.5) is 10.7 Å². The summed E-state index contributed by atoms with van der Waals surface area (Å²) in [6.07, 6.45) is 4.08. The number of rotatable bonds is 7. The summed E-state index contributed by atoms with van der Waals surface area (Å²) < 4.78 is 17.1. The largest absolute Gasteiger partial charge is 0.493 e. The second-order valence-corrected chi connectivity index (χ2v) is 11.1. The van der Waals surface area contributed by atoms with Gasteiger partial charge < -0.3 is 29.5 Å². The number of aryl methyl sites for hydroxylation is 1. The van der Waals surface area contributed by atoms with Crippen molar-refractivity contribution in [3.05, 3.63) is 83.4 Å². The summed E-state index contributed by atoms with van der Waals surface area (Å²) in [5.74, 6) is 1.32. The van der Waals surface area contributed by atoms with E-state index in [4.69, 9.17) is 19.2 Å². The van der Waals surface area contributed by atoms with Gasteiger partial charge in [-0.05, 0) is 42.0 Å². The summed E-state index contributed by atoms with van der Waals surface area (Å²) in [6, 6.07) is 22.0. The van der Waals surface area contributed by atoms with Crippen LogP contribution in [-0.4, -0.2) is 60.1 Å². The zero-order valence-corrected chi connectivity index (χ0v) is 24.0. The van der Waals surface area contributed by atoms with Crippen molar-refractivity contribution in [3.8, 4) is 17.4 Å². The third-order valence-corrected chi connectivity index (χ3v) is 8.47. The zero-order chi connectivity index (χ0) is 29.1. The molecule has 0 saturated carbocycles. The molecule has 1 aliphatic carbocycles. The molecule has 4 aromatic rings. The highest BCUT2D eigenvalue weighted by atomic mass is 16.6. The summed E-state index contributed by atoms with van der Waals surface area (Å²) in [4.78, 5) is 24.5. The second kappa shape index (κ2) is 11.8. The summed E-state index contributed by atoms with van der Waals surface area (Å²) in [5.41, 5.74) is 3.64. The molecule has 1 amide bonds. The van der Waals surface area contributed by atoms with Crippen LogP contribution >= 0.6 is 0 Å². The molecule has 1 fully saturated rings. The maximum absolute atomic E-state index is 13.3. The van der Waals surface area contributed by atoms with Crippen molar-refractivity contribution in [1.82, 2.24) is 15.3 Å². The number of carbonyl (C=O) groups excluding carboxylic acids is 1. The Morgan fingerprint density at radius 1 is 0.976 bits per heavy atom. The number of nitrogens with one attached hydrogen (secondary N) is 1. The molecule has 0 bridgehead atoms. The van der Waals surface area contributed by atoms with E-state index in [2.05, 4.69) is 46.7 Å². The Labute approximate surface area is 245 Å². The van der Waals surface area contributed by atoms with E-state index >= 15 is 0 Å². The molecule has 1 aliphatic heterocycles. The monoisotopic (exact) mass is 568 g/mol. The number of aromatic nitrogens is 2. The number of alkyl carbamates (subject to hydrolysis) is 1. The predicted octanol–water partition coefficient (Wildman–Crippen LogP) is 5.22. The van der Waals surface area contributed by atoms with Gasteiger partial charge in [-0.3, -0.25) is 0 Å². The molecule has 9 heteroatoms. The number of aromatic hydroxyl groups is 1. The Hall–Kier alpha value is -4.53. The minimum absolute atomic E-state index is 0.0471. The summed E-state index contributed by atoms with van der Waals surface area (Å²) in [7, 11) is 3.10. The average Bonchev–Trinajstić information content (AvgIpc) is 3.01. The van der Waals surface area contributed by atoms with Crippen LogP contribution in [0.25, 0.3) is 10.9 Å². The van der Waals surface area contributed by atoms with E-state index in [-0.39, 0.29) is 18.0 Å². The molecule has 2 aliphatic rings. The van der Waals surface area contributed by atoms with E-state index in [1.165, 1.54) is 11.1 Å². The molecule has 3 aromatic carbocycles. The maximum atomic E-state index is 13.3. The van der Waals surface area contributed by atoms with Gasteiger partial charge in [0.2, 0.25) is 11.8 Å². The highest BCUT2D eigenvalue weighted by Crippen LogP contribution is 2.37. The van der Waals surface area contributed by atoms with Crippen LogP contribution in [0.1, 0.15) is 36.0 Å². The number of nitrogens with zero attached hydrogens (tertiary/aromatic N) is 3. The summed E-state index contributed by atoms with van der Waals surface area (Å²) >= 11 is 0. The van der Waals surface area contributed by atoms with Crippen LogP contribution in [0.3, 0.4) is 0 Å². The second-order valence-electron chi connectivity index (χ2n) is 11.1. The maximum Gasteiger partial charge on any atom is 0.407 e. The summed E-state index contributed by atoms with van der Waals surface area (Å²) in [6.45, 7) is 1.13. The standard InChI is InChI=1S/C33H36N4O5/c1-40-28-19-26-27(20-29(28)41-2)35-31(36-30(26)38)37-16-14-33(15-17-37,21-22-8-4-3-5-9-22)42-32(39)34-25-13-12-23-10-6-7-11-24(23)18-25/h3-11,19-20,25H,12-18,21H2,1-2H3,(H,34,39)(H,35,36,38). The molecule has 0 radical (unpaired) electrons. The molecule has 1 atom stereocenters. The van der Waals surface area contributed by atoms with Crippen molar-refractivity contribution < 1.29 is 24.1 Å². The Morgan fingerprint density at radius 2 is 1.67 bits per heavy atom. The molecule has 2 N–H and O–H groups in total. The molecular formula is C33H36N4O5. The third kappa shape index (κ3) is 5.77. The van der Waals surface area contributed by atoms with Crippen LogP contribution in [0.15, 0.2) is 66.7 Å². The number of methoxy groups -OCH3 is 2. The van der Waals surface area contributed by atoms with Gasteiger partial charge in [0.25, 0.3) is 0 Å². The average molecular weight is 569 g/mol. The van der Waals surface area contributed by atoms with Crippen molar-refractivity contribution >= 4 is 22.9 Å². The molecule has 9 nitrogen and oxygen atoms in total. The highest BCUT2D eigenvalue weighted by molar-refractivity contribution is 5.87. The van der Waals surface area contributed by atoms with Crippen molar-refractivity contribution in [1.29, 1.82) is 0 Å². The van der Waals surface area contributed by atoms with Crippen LogP contribution in [0.2, 0.25) is 0 Å². The van der Waals surface area contributed by atoms with Gasteiger partial charge >= 0.3 is 6.09 Å². The molecular weight excluding hydrogens is 532 g/mol. The molecule has 1 aromatic heterocycles. The SMILES string of the molecule is COc1cc2nc(N3CCC(Cc4ccccc4)(OC(=O)NC4CCc5ccccc5C4)CC3)nc(O)c2cc1OC. The summed E-state index contributed by atoms with van der Waals surface area (Å²) in [5, 5.41) is 14.4. The molecule has 2 heterocycles. The van der Waals surface area contributed by atoms with Gasteiger partial charge in [0.15, 0.2) is 11.5 Å². The van der Waals surface area contributed by atoms with Gasteiger partial charge in [0, 0.05) is 44.5 Å². The lowest BCUT2D eigenvalue weighted by atomic mass is 9.85. The van der Waals surface area contributed by atoms with E-state index < -0.39 is 5.60 Å². The van der Waals surface area contributed by atoms with Crippen LogP contribution in [-0.2, 0) is 24.0 Å². The van der Waals surface area contributed by atoms with E-state index in [9.17, 15) is 9.90 Å². The van der Waals surface area contributed by atoms with Crippen LogP contribution in [0, 0.1) is 0 Å². The zero-order valence-electron chi connectivity index (χ0n) is 24.0. The van der Waals surface area contributed by atoms with Gasteiger partial charge in [0.1, 0.15) is 5.60 Å². The number of hydrogen-bond donors (Lipinski definition) is 2. The molecule has 6 rings (SSSR count). The lowest BCUT2D eigenvalue weighted by Crippen LogP contribution is -2.51. The highest BCUT2D eigenvalue weighted by Gasteiger charge is 2.40. The minimum Gasteiger partial charge on any atom is -0.493 e. The Balaban J connectivity index is 1.19. The van der Waals surface area contributed by atoms with E-state index in [0.717, 1.165) is 24.8 Å². The van der Waals surface area contributed by atoms with Crippen LogP contribution < -0.4 is 19.7 Å². The van der Waals surface area contributed by atoms with Crippen LogP contribution in [0.5, 0.6) is 17.4 Å². The van der Waals surface area contributed by atoms with E-state index in [1.54, 1.807) is 26.4 Å². The van der Waals surface area contributed by atoms with Crippen molar-refractivity contribution in [2.24, 2.45) is 0 Å². The van der Waals surface area contributed by atoms with Crippen molar-refractivity contribution in [2.45, 2.75) is 50.2 Å². The van der Waals surface area contributed by atoms with Gasteiger partial charge in [0.05, 0.1) is 25.1 Å². The Bertz CT molecular complexity index is 1570. The normalized spacial score (nSPS) is 17.8. The number of fused-ring (bicyclic) bond motifs is 2. The number of piperidine rings is 1. The number of benzene rings is 3. The Morgan fingerprint density at radius 3 is 2.40 bits per heavy atom. The topological polar surface area (TPSA) is 106 Å². The van der Waals surface area contributed by atoms with Crippen molar-refractivity contribution in [2.75, 3.05) is 32.2 Å². The Kier molecular flexibility index (Phi) is 7.73. The van der Waals surface area contributed by atoms with Gasteiger partial charge in [-0.15, -0.1) is 0 Å². The number of carbonyl (C=O) groups is 1. The van der Waals surface area contributed by atoms with Crippen molar-refractivity contribution in [3.63, 3.8) is 0 Å².